The minimum atomic E-state index is -1.24. The van der Waals surface area contributed by atoms with Gasteiger partial charge in [-0.05, 0) is 30.3 Å². The van der Waals surface area contributed by atoms with E-state index >= 15 is 0 Å². The molecule has 0 saturated carbocycles. The first-order valence-electron chi connectivity index (χ1n) is 7.23. The van der Waals surface area contributed by atoms with Crippen molar-refractivity contribution in [3.8, 4) is 0 Å². The smallest absolute Gasteiger partial charge is 0.345 e. The summed E-state index contributed by atoms with van der Waals surface area (Å²) in [6.07, 6.45) is 0. The van der Waals surface area contributed by atoms with Gasteiger partial charge in [-0.2, -0.15) is 0 Å². The standard InChI is InChI=1S/C18H9NO6/c20-16(21)8-5-6-10(17(22)23)15-11(8)7-12-14(19-15)9-3-1-2-4-13(9)25-18(12)24/h1-7H,(H,20,21)(H,22,23). The second-order valence-corrected chi connectivity index (χ2v) is 5.44. The molecule has 0 aliphatic rings. The summed E-state index contributed by atoms with van der Waals surface area (Å²) in [6.45, 7) is 0. The maximum atomic E-state index is 12.3. The fraction of sp³-hybridized carbons (Fsp3) is 0. The number of pyridine rings is 1. The fourth-order valence-corrected chi connectivity index (χ4v) is 2.89. The number of aromatic nitrogens is 1. The highest BCUT2D eigenvalue weighted by Gasteiger charge is 2.19. The minimum absolute atomic E-state index is 0.00986. The Morgan fingerprint density at radius 1 is 0.840 bits per heavy atom. The maximum absolute atomic E-state index is 12.3. The van der Waals surface area contributed by atoms with Gasteiger partial charge in [0.1, 0.15) is 5.58 Å². The molecule has 0 amide bonds. The lowest BCUT2D eigenvalue weighted by Gasteiger charge is -2.08. The topological polar surface area (TPSA) is 118 Å². The number of carboxylic acid groups (broad SMARTS) is 2. The van der Waals surface area contributed by atoms with Crippen LogP contribution in [0.3, 0.4) is 0 Å². The van der Waals surface area contributed by atoms with E-state index in [9.17, 15) is 24.6 Å². The summed E-state index contributed by atoms with van der Waals surface area (Å²) in [5.41, 5.74) is -0.348. The zero-order valence-corrected chi connectivity index (χ0v) is 12.5. The van der Waals surface area contributed by atoms with Gasteiger partial charge in [0.25, 0.3) is 0 Å². The summed E-state index contributed by atoms with van der Waals surface area (Å²) < 4.78 is 5.24. The number of nitrogens with zero attached hydrogens (tertiary/aromatic N) is 1. The largest absolute Gasteiger partial charge is 0.478 e. The van der Waals surface area contributed by atoms with Crippen molar-refractivity contribution < 1.29 is 24.2 Å². The lowest BCUT2D eigenvalue weighted by atomic mass is 10.0. The predicted molar refractivity (Wildman–Crippen MR) is 89.2 cm³/mol. The Labute approximate surface area is 138 Å². The quantitative estimate of drug-likeness (QED) is 0.328. The Kier molecular flexibility index (Phi) is 3.04. The molecule has 0 aliphatic heterocycles. The Morgan fingerprint density at radius 2 is 1.52 bits per heavy atom. The summed E-state index contributed by atoms with van der Waals surface area (Å²) in [4.78, 5) is 39.5. The summed E-state index contributed by atoms with van der Waals surface area (Å²) >= 11 is 0. The first-order valence-corrected chi connectivity index (χ1v) is 7.23. The average Bonchev–Trinajstić information content (AvgIpc) is 2.59. The second-order valence-electron chi connectivity index (χ2n) is 5.44. The van der Waals surface area contributed by atoms with E-state index in [-0.39, 0.29) is 32.9 Å². The summed E-state index contributed by atoms with van der Waals surface area (Å²) in [5.74, 6) is -2.48. The lowest BCUT2D eigenvalue weighted by molar-refractivity contribution is 0.0684. The van der Waals surface area contributed by atoms with Gasteiger partial charge in [-0.1, -0.05) is 12.1 Å². The van der Waals surface area contributed by atoms with Crippen LogP contribution in [0.15, 0.2) is 51.7 Å². The van der Waals surface area contributed by atoms with E-state index in [0.717, 1.165) is 0 Å². The van der Waals surface area contributed by atoms with Crippen molar-refractivity contribution in [3.63, 3.8) is 0 Å². The van der Waals surface area contributed by atoms with Gasteiger partial charge in [0, 0.05) is 10.8 Å². The SMILES string of the molecule is O=C(O)c1ccc(C(=O)O)c2nc3c(cc12)c(=O)oc1ccccc13. The van der Waals surface area contributed by atoms with Gasteiger partial charge in [0.2, 0.25) is 0 Å². The number of benzene rings is 2. The van der Waals surface area contributed by atoms with Crippen molar-refractivity contribution in [3.05, 3.63) is 64.0 Å². The van der Waals surface area contributed by atoms with Crippen LogP contribution >= 0.6 is 0 Å². The van der Waals surface area contributed by atoms with Crippen molar-refractivity contribution in [2.24, 2.45) is 0 Å². The van der Waals surface area contributed by atoms with E-state index in [1.54, 1.807) is 24.3 Å². The molecular weight excluding hydrogens is 326 g/mol. The average molecular weight is 335 g/mol. The van der Waals surface area contributed by atoms with Crippen LogP contribution in [0.5, 0.6) is 0 Å². The Morgan fingerprint density at radius 3 is 2.24 bits per heavy atom. The molecule has 0 bridgehead atoms. The lowest BCUT2D eigenvalue weighted by Crippen LogP contribution is -2.07. The summed E-state index contributed by atoms with van der Waals surface area (Å²) in [5, 5.41) is 19.4. The van der Waals surface area contributed by atoms with E-state index in [1.165, 1.54) is 18.2 Å². The monoisotopic (exact) mass is 335 g/mol. The van der Waals surface area contributed by atoms with Crippen LogP contribution in [0.4, 0.5) is 0 Å². The molecule has 0 radical (unpaired) electrons. The molecule has 2 heterocycles. The highest BCUT2D eigenvalue weighted by Crippen LogP contribution is 2.28. The first kappa shape index (κ1) is 14.8. The van der Waals surface area contributed by atoms with Crippen molar-refractivity contribution >= 4 is 44.7 Å². The number of hydrogen-bond acceptors (Lipinski definition) is 5. The van der Waals surface area contributed by atoms with Crippen LogP contribution in [0.25, 0.3) is 32.8 Å². The van der Waals surface area contributed by atoms with Crippen LogP contribution in [-0.2, 0) is 0 Å². The van der Waals surface area contributed by atoms with Gasteiger partial charge in [-0.25, -0.2) is 19.4 Å². The second kappa shape index (κ2) is 5.13. The molecule has 0 spiro atoms. The number of aromatic carboxylic acids is 2. The number of carboxylic acids is 2. The minimum Gasteiger partial charge on any atom is -0.478 e. The Hall–Kier alpha value is -3.74. The highest BCUT2D eigenvalue weighted by atomic mass is 16.4. The third-order valence-corrected chi connectivity index (χ3v) is 4.01. The zero-order chi connectivity index (χ0) is 17.7. The molecule has 122 valence electrons. The van der Waals surface area contributed by atoms with Gasteiger partial charge in [-0.15, -0.1) is 0 Å². The van der Waals surface area contributed by atoms with Crippen LogP contribution in [0.1, 0.15) is 20.7 Å². The zero-order valence-electron chi connectivity index (χ0n) is 12.5. The number of carbonyl (C=O) groups is 2. The van der Waals surface area contributed by atoms with E-state index < -0.39 is 17.6 Å². The van der Waals surface area contributed by atoms with Gasteiger partial charge >= 0.3 is 17.6 Å². The molecule has 25 heavy (non-hydrogen) atoms. The van der Waals surface area contributed by atoms with Crippen molar-refractivity contribution in [2.75, 3.05) is 0 Å². The molecule has 2 aromatic heterocycles. The summed E-state index contributed by atoms with van der Waals surface area (Å²) in [7, 11) is 0. The molecule has 0 saturated heterocycles. The molecule has 0 atom stereocenters. The van der Waals surface area contributed by atoms with E-state index in [0.29, 0.717) is 11.0 Å². The number of para-hydroxylation sites is 1. The number of fused-ring (bicyclic) bond motifs is 4. The normalized spacial score (nSPS) is 11.2. The van der Waals surface area contributed by atoms with E-state index in [4.69, 9.17) is 4.42 Å². The molecule has 2 aromatic carbocycles. The van der Waals surface area contributed by atoms with Crippen molar-refractivity contribution in [1.82, 2.24) is 4.98 Å². The molecule has 7 nitrogen and oxygen atoms in total. The maximum Gasteiger partial charge on any atom is 0.345 e. The number of hydrogen-bond donors (Lipinski definition) is 2. The van der Waals surface area contributed by atoms with E-state index in [1.807, 2.05) is 0 Å². The Balaban J connectivity index is 2.31. The molecule has 4 aromatic rings. The van der Waals surface area contributed by atoms with Gasteiger partial charge in [0.15, 0.2) is 0 Å². The highest BCUT2D eigenvalue weighted by molar-refractivity contribution is 6.14. The molecule has 2 N–H and O–H groups in total. The summed E-state index contributed by atoms with van der Waals surface area (Å²) in [6, 6.07) is 10.4. The molecular formula is C18H9NO6. The fourth-order valence-electron chi connectivity index (χ4n) is 2.89. The molecule has 0 unspecified atom stereocenters. The van der Waals surface area contributed by atoms with Crippen LogP contribution in [0.2, 0.25) is 0 Å². The van der Waals surface area contributed by atoms with Crippen LogP contribution in [-0.4, -0.2) is 27.1 Å². The van der Waals surface area contributed by atoms with E-state index in [2.05, 4.69) is 4.98 Å². The van der Waals surface area contributed by atoms with Crippen LogP contribution < -0.4 is 5.63 Å². The first-order chi connectivity index (χ1) is 12.0. The van der Waals surface area contributed by atoms with Gasteiger partial charge < -0.3 is 14.6 Å². The van der Waals surface area contributed by atoms with Gasteiger partial charge in [0.05, 0.1) is 27.5 Å². The molecule has 0 aliphatic carbocycles. The third kappa shape index (κ3) is 2.13. The van der Waals surface area contributed by atoms with Crippen molar-refractivity contribution in [1.29, 1.82) is 0 Å². The molecule has 4 rings (SSSR count). The molecule has 0 fully saturated rings. The predicted octanol–water partition coefficient (Wildman–Crippen LogP) is 2.89. The third-order valence-electron chi connectivity index (χ3n) is 4.01. The van der Waals surface area contributed by atoms with Crippen molar-refractivity contribution in [2.45, 2.75) is 0 Å². The van der Waals surface area contributed by atoms with Gasteiger partial charge in [-0.3, -0.25) is 0 Å². The molecule has 7 heteroatoms. The number of rotatable bonds is 2. The van der Waals surface area contributed by atoms with Crippen LogP contribution in [0, 0.1) is 0 Å². The Bertz CT molecular complexity index is 1270.